The van der Waals surface area contributed by atoms with E-state index in [2.05, 4.69) is 209 Å². The second kappa shape index (κ2) is 21.8. The molecule has 61 heavy (non-hydrogen) atoms. The average molecular weight is 814 g/mol. The number of benzene rings is 6. The second-order valence-corrected chi connectivity index (χ2v) is 19.1. The van der Waals surface area contributed by atoms with E-state index in [0.717, 1.165) is 64.5 Å². The van der Waals surface area contributed by atoms with E-state index in [1.165, 1.54) is 44.5 Å². The van der Waals surface area contributed by atoms with Crippen molar-refractivity contribution in [2.45, 2.75) is 115 Å². The third kappa shape index (κ3) is 12.6. The summed E-state index contributed by atoms with van der Waals surface area (Å²) in [4.78, 5) is 2.57. The number of rotatable bonds is 22. The van der Waals surface area contributed by atoms with Gasteiger partial charge in [-0.2, -0.15) is 0 Å². The predicted octanol–water partition coefficient (Wildman–Crippen LogP) is 12.8. The molecule has 0 spiro atoms. The van der Waals surface area contributed by atoms with Gasteiger partial charge in [-0.15, -0.1) is 0 Å². The van der Waals surface area contributed by atoms with Crippen LogP contribution in [0.1, 0.15) is 105 Å². The number of aryl methyl sites for hydroxylation is 4. The highest BCUT2D eigenvalue weighted by Crippen LogP contribution is 2.40. The van der Waals surface area contributed by atoms with Crippen LogP contribution in [0.3, 0.4) is 0 Å². The molecule has 2 unspecified atom stereocenters. The fourth-order valence-corrected chi connectivity index (χ4v) is 9.44. The highest BCUT2D eigenvalue weighted by Gasteiger charge is 2.37. The van der Waals surface area contributed by atoms with Gasteiger partial charge in [-0.05, 0) is 128 Å². The zero-order chi connectivity index (χ0) is 43.1. The molecule has 0 amide bonds. The van der Waals surface area contributed by atoms with Crippen LogP contribution in [0.5, 0.6) is 0 Å². The quantitative estimate of drug-likeness (QED) is 0.0717. The summed E-state index contributed by atoms with van der Waals surface area (Å²) in [5.74, 6) is 0.583. The Morgan fingerprint density at radius 1 is 0.377 bits per heavy atom. The summed E-state index contributed by atoms with van der Waals surface area (Å²) in [6.45, 7) is 13.3. The Morgan fingerprint density at radius 3 is 0.918 bits per heavy atom. The maximum Gasteiger partial charge on any atom is 0.0527 e. The third-order valence-corrected chi connectivity index (χ3v) is 13.8. The topological polar surface area (TPSA) is 43.7 Å². The summed E-state index contributed by atoms with van der Waals surface area (Å²) in [5, 5.41) is 22.6. The van der Waals surface area contributed by atoms with Gasteiger partial charge in [-0.1, -0.05) is 184 Å². The molecule has 6 aromatic rings. The first-order valence-electron chi connectivity index (χ1n) is 22.8. The standard InChI is InChI=1S/C58H71NO2/c1-56(2,3)59(42-50-28-18-30-54(40-50)57(4,44-60)52(36-32-46-20-10-6-11-21-46)37-33-47-22-12-7-13-23-47)43-51-29-19-31-55(41-51)58(5,45-61)53(38-34-48-24-14-8-15-25-48)39-35-49-26-16-9-17-27-49/h6-31,40-41,52-53,60-61H,32-39,42-45H2,1-5H3. The molecule has 0 aliphatic rings. The molecule has 0 aliphatic heterocycles. The van der Waals surface area contributed by atoms with E-state index in [9.17, 15) is 10.2 Å². The molecule has 0 bridgehead atoms. The van der Waals surface area contributed by atoms with Gasteiger partial charge in [0.15, 0.2) is 0 Å². The molecule has 0 radical (unpaired) electrons. The Balaban J connectivity index is 1.23. The van der Waals surface area contributed by atoms with Gasteiger partial charge < -0.3 is 10.2 Å². The van der Waals surface area contributed by atoms with Crippen molar-refractivity contribution in [3.05, 3.63) is 214 Å². The van der Waals surface area contributed by atoms with Crippen LogP contribution in [0.25, 0.3) is 0 Å². The normalized spacial score (nSPS) is 14.0. The van der Waals surface area contributed by atoms with Gasteiger partial charge in [0.2, 0.25) is 0 Å². The molecule has 0 saturated heterocycles. The molecular weight excluding hydrogens is 743 g/mol. The number of hydrogen-bond acceptors (Lipinski definition) is 3. The lowest BCUT2D eigenvalue weighted by atomic mass is 9.68. The number of hydrogen-bond donors (Lipinski definition) is 2. The van der Waals surface area contributed by atoms with E-state index in [1.807, 2.05) is 0 Å². The summed E-state index contributed by atoms with van der Waals surface area (Å²) in [6.07, 6.45) is 7.99. The summed E-state index contributed by atoms with van der Waals surface area (Å²) in [7, 11) is 0. The third-order valence-electron chi connectivity index (χ3n) is 13.8. The van der Waals surface area contributed by atoms with E-state index in [1.54, 1.807) is 0 Å². The number of aliphatic hydroxyl groups excluding tert-OH is 2. The van der Waals surface area contributed by atoms with Crippen LogP contribution in [-0.4, -0.2) is 33.9 Å². The molecule has 6 rings (SSSR count). The molecule has 0 saturated carbocycles. The van der Waals surface area contributed by atoms with Crippen molar-refractivity contribution >= 4 is 0 Å². The fourth-order valence-electron chi connectivity index (χ4n) is 9.44. The molecule has 2 atom stereocenters. The van der Waals surface area contributed by atoms with Crippen LogP contribution in [0.4, 0.5) is 0 Å². The first-order valence-corrected chi connectivity index (χ1v) is 22.8. The summed E-state index contributed by atoms with van der Waals surface area (Å²) in [5.41, 5.74) is 9.44. The number of aliphatic hydroxyl groups is 2. The lowest BCUT2D eigenvalue weighted by Gasteiger charge is -2.39. The minimum absolute atomic E-state index is 0.0990. The van der Waals surface area contributed by atoms with Crippen LogP contribution in [0.15, 0.2) is 170 Å². The lowest BCUT2D eigenvalue weighted by molar-refractivity contribution is 0.117. The second-order valence-electron chi connectivity index (χ2n) is 19.1. The first-order chi connectivity index (χ1) is 29.5. The SMILES string of the molecule is CC(CO)(c1cccc(CN(Cc2cccc(C(C)(CO)C(CCc3ccccc3)CCc3ccccc3)c2)C(C)(C)C)c1)C(CCc1ccccc1)CCc1ccccc1. The maximum atomic E-state index is 11.3. The van der Waals surface area contributed by atoms with E-state index in [4.69, 9.17) is 0 Å². The van der Waals surface area contributed by atoms with Gasteiger partial charge in [0.05, 0.1) is 13.2 Å². The highest BCUT2D eigenvalue weighted by atomic mass is 16.3. The van der Waals surface area contributed by atoms with E-state index >= 15 is 0 Å². The molecule has 2 N–H and O–H groups in total. The van der Waals surface area contributed by atoms with Crippen LogP contribution in [0, 0.1) is 11.8 Å². The van der Waals surface area contributed by atoms with Crippen molar-refractivity contribution in [1.82, 2.24) is 4.90 Å². The molecule has 0 fully saturated rings. The van der Waals surface area contributed by atoms with Crippen molar-refractivity contribution in [1.29, 1.82) is 0 Å². The highest BCUT2D eigenvalue weighted by molar-refractivity contribution is 5.34. The minimum atomic E-state index is -0.396. The Bertz CT molecular complexity index is 1930. The zero-order valence-corrected chi connectivity index (χ0v) is 37.6. The maximum absolute atomic E-state index is 11.3. The summed E-state index contributed by atoms with van der Waals surface area (Å²) < 4.78 is 0. The van der Waals surface area contributed by atoms with Crippen LogP contribution in [0.2, 0.25) is 0 Å². The Kier molecular flexibility index (Phi) is 16.4. The van der Waals surface area contributed by atoms with Gasteiger partial charge >= 0.3 is 0 Å². The molecule has 320 valence electrons. The Hall–Kier alpha value is -4.80. The van der Waals surface area contributed by atoms with Crippen LogP contribution >= 0.6 is 0 Å². The van der Waals surface area contributed by atoms with Crippen molar-refractivity contribution in [3.8, 4) is 0 Å². The van der Waals surface area contributed by atoms with Gasteiger partial charge in [0, 0.05) is 29.5 Å². The zero-order valence-electron chi connectivity index (χ0n) is 37.6. The van der Waals surface area contributed by atoms with Crippen molar-refractivity contribution in [2.24, 2.45) is 11.8 Å². The van der Waals surface area contributed by atoms with E-state index in [0.29, 0.717) is 11.8 Å². The van der Waals surface area contributed by atoms with Gasteiger partial charge in [0.1, 0.15) is 0 Å². The van der Waals surface area contributed by atoms with Crippen LogP contribution < -0.4 is 0 Å². The molecular formula is C58H71NO2. The Labute approximate surface area is 368 Å². The van der Waals surface area contributed by atoms with E-state index < -0.39 is 10.8 Å². The van der Waals surface area contributed by atoms with Gasteiger partial charge in [-0.3, -0.25) is 4.90 Å². The van der Waals surface area contributed by atoms with Crippen LogP contribution in [-0.2, 0) is 49.6 Å². The average Bonchev–Trinajstić information content (AvgIpc) is 3.29. The number of nitrogens with zero attached hydrogens (tertiary/aromatic N) is 1. The van der Waals surface area contributed by atoms with Crippen molar-refractivity contribution in [3.63, 3.8) is 0 Å². The summed E-state index contributed by atoms with van der Waals surface area (Å²) in [6, 6.07) is 61.3. The molecule has 0 heterocycles. The van der Waals surface area contributed by atoms with Crippen molar-refractivity contribution in [2.75, 3.05) is 13.2 Å². The molecule has 3 nitrogen and oxygen atoms in total. The van der Waals surface area contributed by atoms with Gasteiger partial charge in [0.25, 0.3) is 0 Å². The van der Waals surface area contributed by atoms with E-state index in [-0.39, 0.29) is 18.8 Å². The summed E-state index contributed by atoms with van der Waals surface area (Å²) >= 11 is 0. The predicted molar refractivity (Wildman–Crippen MR) is 257 cm³/mol. The molecule has 0 aliphatic carbocycles. The van der Waals surface area contributed by atoms with Gasteiger partial charge in [-0.25, -0.2) is 0 Å². The smallest absolute Gasteiger partial charge is 0.0527 e. The molecule has 6 aromatic carbocycles. The lowest BCUT2D eigenvalue weighted by Crippen LogP contribution is -2.41. The first kappa shape index (κ1) is 45.7. The Morgan fingerprint density at radius 2 is 0.656 bits per heavy atom. The monoisotopic (exact) mass is 814 g/mol. The minimum Gasteiger partial charge on any atom is -0.395 e. The largest absolute Gasteiger partial charge is 0.395 e. The molecule has 0 aromatic heterocycles. The molecule has 3 heteroatoms. The van der Waals surface area contributed by atoms with Crippen molar-refractivity contribution < 1.29 is 10.2 Å². The fraction of sp³-hybridized carbons (Fsp3) is 0.379.